The third-order valence-electron chi connectivity index (χ3n) is 4.55. The molecule has 0 aliphatic carbocycles. The van der Waals surface area contributed by atoms with E-state index in [0.29, 0.717) is 35.1 Å². The Morgan fingerprint density at radius 1 is 1.26 bits per heavy atom. The van der Waals surface area contributed by atoms with Gasteiger partial charge in [0.25, 0.3) is 5.91 Å². The SMILES string of the molecule is Cc1cc(F)ccc1NC(=O)c1cc2n(n1)CC(c1ccc(Cl)cc1)OC2. The molecule has 0 fully saturated rings. The molecule has 1 aliphatic rings. The number of anilines is 1. The summed E-state index contributed by atoms with van der Waals surface area (Å²) in [5.41, 5.74) is 3.35. The Bertz CT molecular complexity index is 1000. The van der Waals surface area contributed by atoms with E-state index in [1.807, 2.05) is 24.3 Å². The molecule has 0 bridgehead atoms. The lowest BCUT2D eigenvalue weighted by atomic mass is 10.1. The van der Waals surface area contributed by atoms with Gasteiger partial charge in [-0.05, 0) is 54.4 Å². The zero-order valence-corrected chi connectivity index (χ0v) is 15.3. The molecule has 0 saturated carbocycles. The maximum absolute atomic E-state index is 13.2. The summed E-state index contributed by atoms with van der Waals surface area (Å²) in [6.07, 6.45) is -0.148. The molecule has 1 atom stereocenters. The summed E-state index contributed by atoms with van der Waals surface area (Å²) in [6.45, 7) is 2.62. The first-order valence-corrected chi connectivity index (χ1v) is 8.89. The summed E-state index contributed by atoms with van der Waals surface area (Å²) in [5.74, 6) is -0.678. The number of hydrogen-bond donors (Lipinski definition) is 1. The average molecular weight is 386 g/mol. The number of halogens is 2. The van der Waals surface area contributed by atoms with Gasteiger partial charge in [0.15, 0.2) is 5.69 Å². The highest BCUT2D eigenvalue weighted by Crippen LogP contribution is 2.27. The molecule has 0 saturated heterocycles. The van der Waals surface area contributed by atoms with Gasteiger partial charge in [-0.25, -0.2) is 4.39 Å². The van der Waals surface area contributed by atoms with Crippen molar-refractivity contribution in [1.82, 2.24) is 9.78 Å². The Morgan fingerprint density at radius 3 is 2.78 bits per heavy atom. The van der Waals surface area contributed by atoms with Gasteiger partial charge in [0.1, 0.15) is 11.9 Å². The van der Waals surface area contributed by atoms with Gasteiger partial charge in [-0.15, -0.1) is 0 Å². The molecule has 1 amide bonds. The van der Waals surface area contributed by atoms with Gasteiger partial charge >= 0.3 is 0 Å². The fourth-order valence-corrected chi connectivity index (χ4v) is 3.20. The number of aromatic nitrogens is 2. The molecular weight excluding hydrogens is 369 g/mol. The van der Waals surface area contributed by atoms with Crippen LogP contribution in [0.1, 0.15) is 33.4 Å². The summed E-state index contributed by atoms with van der Waals surface area (Å²) in [7, 11) is 0. The summed E-state index contributed by atoms with van der Waals surface area (Å²) in [4.78, 5) is 12.5. The van der Waals surface area contributed by atoms with Gasteiger partial charge in [-0.1, -0.05) is 23.7 Å². The van der Waals surface area contributed by atoms with Crippen molar-refractivity contribution in [3.63, 3.8) is 0 Å². The van der Waals surface area contributed by atoms with Crippen LogP contribution in [-0.4, -0.2) is 15.7 Å². The van der Waals surface area contributed by atoms with Crippen LogP contribution in [0.4, 0.5) is 10.1 Å². The molecule has 3 aromatic rings. The second-order valence-electron chi connectivity index (χ2n) is 6.47. The summed E-state index contributed by atoms with van der Waals surface area (Å²) in [5, 5.41) is 7.86. The van der Waals surface area contributed by atoms with Gasteiger partial charge in [0.05, 0.1) is 18.8 Å². The fourth-order valence-electron chi connectivity index (χ4n) is 3.07. The van der Waals surface area contributed by atoms with E-state index in [4.69, 9.17) is 16.3 Å². The molecule has 2 heterocycles. The Hall–Kier alpha value is -2.70. The molecular formula is C20H17ClFN3O2. The smallest absolute Gasteiger partial charge is 0.276 e. The minimum Gasteiger partial charge on any atom is -0.365 e. The third-order valence-corrected chi connectivity index (χ3v) is 4.80. The average Bonchev–Trinajstić information content (AvgIpc) is 3.08. The molecule has 1 aromatic heterocycles. The third kappa shape index (κ3) is 3.72. The quantitative estimate of drug-likeness (QED) is 0.721. The normalized spacial score (nSPS) is 16.0. The molecule has 4 rings (SSSR count). The van der Waals surface area contributed by atoms with E-state index in [9.17, 15) is 9.18 Å². The molecule has 1 unspecified atom stereocenters. The number of carbonyl (C=O) groups is 1. The van der Waals surface area contributed by atoms with Crippen LogP contribution in [0.15, 0.2) is 48.5 Å². The van der Waals surface area contributed by atoms with Crippen LogP contribution in [0.5, 0.6) is 0 Å². The van der Waals surface area contributed by atoms with E-state index in [1.54, 1.807) is 17.7 Å². The highest BCUT2D eigenvalue weighted by molar-refractivity contribution is 6.30. The highest BCUT2D eigenvalue weighted by Gasteiger charge is 2.24. The number of rotatable bonds is 3. The van der Waals surface area contributed by atoms with E-state index < -0.39 is 0 Å². The van der Waals surface area contributed by atoms with E-state index in [2.05, 4.69) is 10.4 Å². The number of aryl methyl sites for hydroxylation is 1. The number of carbonyl (C=O) groups excluding carboxylic acids is 1. The molecule has 5 nitrogen and oxygen atoms in total. The van der Waals surface area contributed by atoms with E-state index >= 15 is 0 Å². The van der Waals surface area contributed by atoms with Gasteiger partial charge in [0, 0.05) is 10.7 Å². The number of nitrogens with zero attached hydrogens (tertiary/aromatic N) is 2. The van der Waals surface area contributed by atoms with Crippen molar-refractivity contribution in [3.8, 4) is 0 Å². The van der Waals surface area contributed by atoms with Crippen LogP contribution in [0.25, 0.3) is 0 Å². The first-order valence-electron chi connectivity index (χ1n) is 8.51. The second kappa shape index (κ2) is 7.13. The largest absolute Gasteiger partial charge is 0.365 e. The van der Waals surface area contributed by atoms with E-state index in [1.165, 1.54) is 18.2 Å². The van der Waals surface area contributed by atoms with Crippen LogP contribution >= 0.6 is 11.6 Å². The zero-order valence-electron chi connectivity index (χ0n) is 14.6. The fraction of sp³-hybridized carbons (Fsp3) is 0.200. The first kappa shape index (κ1) is 17.7. The van der Waals surface area contributed by atoms with Crippen LogP contribution in [0, 0.1) is 12.7 Å². The van der Waals surface area contributed by atoms with E-state index in [0.717, 1.165) is 11.3 Å². The monoisotopic (exact) mass is 385 g/mol. The van der Waals surface area contributed by atoms with Crippen molar-refractivity contribution in [1.29, 1.82) is 0 Å². The molecule has 138 valence electrons. The zero-order chi connectivity index (χ0) is 19.0. The topological polar surface area (TPSA) is 56.2 Å². The minimum absolute atomic E-state index is 0.148. The van der Waals surface area contributed by atoms with Crippen LogP contribution < -0.4 is 5.32 Å². The number of amides is 1. The maximum atomic E-state index is 13.2. The van der Waals surface area contributed by atoms with Crippen LogP contribution in [0.2, 0.25) is 5.02 Å². The molecule has 0 radical (unpaired) electrons. The van der Waals surface area contributed by atoms with Crippen molar-refractivity contribution < 1.29 is 13.9 Å². The predicted molar refractivity (Wildman–Crippen MR) is 100 cm³/mol. The summed E-state index contributed by atoms with van der Waals surface area (Å²) >= 11 is 5.93. The molecule has 7 heteroatoms. The van der Waals surface area contributed by atoms with Gasteiger partial charge in [0.2, 0.25) is 0 Å². The van der Waals surface area contributed by atoms with Crippen molar-refractivity contribution in [2.45, 2.75) is 26.2 Å². The number of nitrogens with one attached hydrogen (secondary N) is 1. The van der Waals surface area contributed by atoms with Crippen LogP contribution in [0.3, 0.4) is 0 Å². The highest BCUT2D eigenvalue weighted by atomic mass is 35.5. The molecule has 27 heavy (non-hydrogen) atoms. The number of fused-ring (bicyclic) bond motifs is 1. The lowest BCUT2D eigenvalue weighted by Gasteiger charge is -2.24. The lowest BCUT2D eigenvalue weighted by molar-refractivity contribution is -0.00118. The molecule has 1 aliphatic heterocycles. The Kier molecular flexibility index (Phi) is 4.68. The maximum Gasteiger partial charge on any atom is 0.276 e. The second-order valence-corrected chi connectivity index (χ2v) is 6.90. The van der Waals surface area contributed by atoms with Gasteiger partial charge in [-0.2, -0.15) is 5.10 Å². The van der Waals surface area contributed by atoms with Crippen molar-refractivity contribution >= 4 is 23.2 Å². The molecule has 1 N–H and O–H groups in total. The first-order chi connectivity index (χ1) is 13.0. The number of benzene rings is 2. The standard InChI is InChI=1S/C20H17ClFN3O2/c1-12-8-15(22)6-7-17(12)23-20(26)18-9-16-11-27-19(10-25(16)24-18)13-2-4-14(21)5-3-13/h2-9,19H,10-11H2,1H3,(H,23,26). The summed E-state index contributed by atoms with van der Waals surface area (Å²) < 4.78 is 20.9. The Labute approximate surface area is 160 Å². The molecule has 0 spiro atoms. The molecule has 2 aromatic carbocycles. The van der Waals surface area contributed by atoms with Gasteiger partial charge in [-0.3, -0.25) is 9.48 Å². The van der Waals surface area contributed by atoms with Crippen molar-refractivity contribution in [2.24, 2.45) is 0 Å². The Morgan fingerprint density at radius 2 is 2.04 bits per heavy atom. The lowest BCUT2D eigenvalue weighted by Crippen LogP contribution is -2.22. The minimum atomic E-state index is -0.339. The number of hydrogen-bond acceptors (Lipinski definition) is 3. The van der Waals surface area contributed by atoms with Gasteiger partial charge < -0.3 is 10.1 Å². The van der Waals surface area contributed by atoms with Crippen LogP contribution in [-0.2, 0) is 17.9 Å². The van der Waals surface area contributed by atoms with Crippen molar-refractivity contribution in [3.05, 3.63) is 81.9 Å². The summed E-state index contributed by atoms with van der Waals surface area (Å²) in [6, 6.07) is 13.4. The predicted octanol–water partition coefficient (Wildman–Crippen LogP) is 4.51. The Balaban J connectivity index is 1.51. The number of ether oxygens (including phenoxy) is 1. The van der Waals surface area contributed by atoms with Crippen molar-refractivity contribution in [2.75, 3.05) is 5.32 Å². The van der Waals surface area contributed by atoms with E-state index in [-0.39, 0.29) is 17.8 Å².